The topological polar surface area (TPSA) is 67.2 Å². The van der Waals surface area contributed by atoms with Crippen LogP contribution in [0.4, 0.5) is 4.39 Å². The molecule has 2 unspecified atom stereocenters. The molecule has 2 N–H and O–H groups in total. The van der Waals surface area contributed by atoms with Crippen LogP contribution in [0.2, 0.25) is 5.02 Å². The molecule has 4 aliphatic rings. The van der Waals surface area contributed by atoms with E-state index in [9.17, 15) is 14.3 Å². The van der Waals surface area contributed by atoms with Gasteiger partial charge >= 0.3 is 0 Å². The smallest absolute Gasteiger partial charge is 0.255 e. The maximum absolute atomic E-state index is 13.5. The summed E-state index contributed by atoms with van der Waals surface area (Å²) < 4.78 is 15.1. The van der Waals surface area contributed by atoms with E-state index < -0.39 is 11.4 Å². The molecular weight excluding hydrogens is 405 g/mol. The van der Waals surface area contributed by atoms with Crippen LogP contribution >= 0.6 is 11.6 Å². The number of benzene rings is 1. The summed E-state index contributed by atoms with van der Waals surface area (Å²) in [5.74, 6) is 0.753. The van der Waals surface area contributed by atoms with Crippen molar-refractivity contribution in [3.63, 3.8) is 0 Å². The molecule has 160 valence electrons. The quantitative estimate of drug-likeness (QED) is 0.751. The molecule has 0 aliphatic heterocycles. The van der Waals surface area contributed by atoms with Crippen LogP contribution in [-0.2, 0) is 0 Å². The van der Waals surface area contributed by atoms with E-state index in [4.69, 9.17) is 11.6 Å². The first-order chi connectivity index (χ1) is 14.2. The van der Waals surface area contributed by atoms with Crippen LogP contribution in [0.1, 0.15) is 67.9 Å². The van der Waals surface area contributed by atoms with E-state index in [-0.39, 0.29) is 22.9 Å². The van der Waals surface area contributed by atoms with Crippen LogP contribution in [0.25, 0.3) is 5.69 Å². The molecule has 30 heavy (non-hydrogen) atoms. The Morgan fingerprint density at radius 3 is 2.60 bits per heavy atom. The summed E-state index contributed by atoms with van der Waals surface area (Å²) in [5, 5.41) is 18.8. The Bertz CT molecular complexity index is 988. The fourth-order valence-corrected chi connectivity index (χ4v) is 6.63. The number of rotatable bonds is 4. The molecule has 4 fully saturated rings. The number of hydrogen-bond acceptors (Lipinski definition) is 3. The Balaban J connectivity index is 1.43. The van der Waals surface area contributed by atoms with Gasteiger partial charge in [0.15, 0.2) is 0 Å². The highest BCUT2D eigenvalue weighted by Gasteiger charge is 2.55. The first-order valence-electron chi connectivity index (χ1n) is 10.8. The highest BCUT2D eigenvalue weighted by molar-refractivity contribution is 6.32. The van der Waals surface area contributed by atoms with E-state index in [0.717, 1.165) is 37.8 Å². The van der Waals surface area contributed by atoms with Crippen LogP contribution in [0, 0.1) is 23.6 Å². The van der Waals surface area contributed by atoms with Crippen molar-refractivity contribution in [2.75, 3.05) is 0 Å². The molecule has 2 aromatic rings. The molecule has 6 rings (SSSR count). The van der Waals surface area contributed by atoms with Gasteiger partial charge < -0.3 is 10.4 Å². The number of carbonyl (C=O) groups is 1. The lowest BCUT2D eigenvalue weighted by Gasteiger charge is -2.58. The molecule has 4 bridgehead atoms. The number of halogens is 2. The normalized spacial score (nSPS) is 32.1. The molecule has 0 saturated heterocycles. The fourth-order valence-electron chi connectivity index (χ4n) is 6.38. The molecular formula is C23H27ClFN3O2. The first-order valence-corrected chi connectivity index (χ1v) is 11.2. The zero-order valence-electron chi connectivity index (χ0n) is 17.2. The number of aromatic nitrogens is 2. The molecule has 1 heterocycles. The van der Waals surface area contributed by atoms with Crippen LogP contribution in [-0.4, -0.2) is 32.4 Å². The number of nitrogens with one attached hydrogen (secondary N) is 1. The van der Waals surface area contributed by atoms with Crippen molar-refractivity contribution in [2.24, 2.45) is 17.8 Å². The average Bonchev–Trinajstić information content (AvgIpc) is 3.08. The van der Waals surface area contributed by atoms with E-state index in [1.54, 1.807) is 16.9 Å². The Morgan fingerprint density at radius 1 is 1.30 bits per heavy atom. The summed E-state index contributed by atoms with van der Waals surface area (Å²) in [6.45, 7) is 4.00. The third kappa shape index (κ3) is 3.25. The minimum atomic E-state index is -0.523. The van der Waals surface area contributed by atoms with Gasteiger partial charge in [-0.05, 0) is 74.0 Å². The molecule has 2 atom stereocenters. The van der Waals surface area contributed by atoms with Crippen LogP contribution in [0.3, 0.4) is 0 Å². The Kier molecular flexibility index (Phi) is 4.71. The van der Waals surface area contributed by atoms with Crippen molar-refractivity contribution in [1.82, 2.24) is 15.1 Å². The lowest BCUT2D eigenvalue weighted by Crippen LogP contribution is -2.61. The standard InChI is InChI=1S/C23H27ClFN3O2/c1-12(2)21-17(11-26-28(21)19-4-3-16(25)7-18(19)24)22(29)27-20-14-5-13-6-15(20)10-23(30,8-13)9-14/h3-4,7,11-15,20,30H,5-6,8-10H2,1-2H3,(H,27,29). The van der Waals surface area contributed by atoms with Crippen molar-refractivity contribution < 1.29 is 14.3 Å². The van der Waals surface area contributed by atoms with E-state index in [2.05, 4.69) is 10.4 Å². The molecule has 0 radical (unpaired) electrons. The predicted octanol–water partition coefficient (Wildman–Crippen LogP) is 4.46. The third-order valence-corrected chi connectivity index (χ3v) is 7.58. The Morgan fingerprint density at radius 2 is 2.00 bits per heavy atom. The van der Waals surface area contributed by atoms with Gasteiger partial charge in [0.1, 0.15) is 5.82 Å². The van der Waals surface area contributed by atoms with Crippen molar-refractivity contribution in [3.05, 3.63) is 46.5 Å². The molecule has 1 aromatic carbocycles. The monoisotopic (exact) mass is 431 g/mol. The fraction of sp³-hybridized carbons (Fsp3) is 0.565. The van der Waals surface area contributed by atoms with Crippen LogP contribution < -0.4 is 5.32 Å². The SMILES string of the molecule is CC(C)c1c(C(=O)NC2C3CC4CC2CC(O)(C4)C3)cnn1-c1ccc(F)cc1Cl. The molecule has 4 aliphatic carbocycles. The number of amides is 1. The average molecular weight is 432 g/mol. The number of aliphatic hydroxyl groups is 1. The van der Waals surface area contributed by atoms with Crippen molar-refractivity contribution >= 4 is 17.5 Å². The summed E-state index contributed by atoms with van der Waals surface area (Å²) in [5.41, 5.74) is 1.31. The molecule has 0 spiro atoms. The van der Waals surface area contributed by atoms with Gasteiger partial charge in [0, 0.05) is 6.04 Å². The maximum atomic E-state index is 13.5. The Labute approximate surface area is 180 Å². The molecule has 7 heteroatoms. The largest absolute Gasteiger partial charge is 0.390 e. The summed E-state index contributed by atoms with van der Waals surface area (Å²) in [7, 11) is 0. The number of carbonyl (C=O) groups excluding carboxylic acids is 1. The van der Waals surface area contributed by atoms with Gasteiger partial charge in [0.05, 0.1) is 33.8 Å². The minimum absolute atomic E-state index is 0.0218. The molecule has 4 saturated carbocycles. The minimum Gasteiger partial charge on any atom is -0.390 e. The van der Waals surface area contributed by atoms with Crippen LogP contribution in [0.5, 0.6) is 0 Å². The van der Waals surface area contributed by atoms with Gasteiger partial charge in [-0.25, -0.2) is 9.07 Å². The maximum Gasteiger partial charge on any atom is 0.255 e. The number of nitrogens with zero attached hydrogens (tertiary/aromatic N) is 2. The van der Waals surface area contributed by atoms with Gasteiger partial charge in [-0.2, -0.15) is 5.10 Å². The second-order valence-electron chi connectivity index (χ2n) is 9.80. The second-order valence-corrected chi connectivity index (χ2v) is 10.2. The molecule has 1 amide bonds. The highest BCUT2D eigenvalue weighted by atomic mass is 35.5. The van der Waals surface area contributed by atoms with E-state index in [0.29, 0.717) is 29.0 Å². The van der Waals surface area contributed by atoms with Crippen molar-refractivity contribution in [3.8, 4) is 5.69 Å². The van der Waals surface area contributed by atoms with Gasteiger partial charge in [-0.3, -0.25) is 4.79 Å². The lowest BCUT2D eigenvalue weighted by molar-refractivity contribution is -0.136. The van der Waals surface area contributed by atoms with Gasteiger partial charge in [-0.15, -0.1) is 0 Å². The summed E-state index contributed by atoms with van der Waals surface area (Å²) in [6, 6.07) is 4.27. The van der Waals surface area contributed by atoms with Gasteiger partial charge in [-0.1, -0.05) is 25.4 Å². The molecule has 5 nitrogen and oxygen atoms in total. The van der Waals surface area contributed by atoms with E-state index in [1.807, 2.05) is 13.8 Å². The predicted molar refractivity (Wildman–Crippen MR) is 112 cm³/mol. The summed E-state index contributed by atoms with van der Waals surface area (Å²) >= 11 is 6.26. The van der Waals surface area contributed by atoms with Crippen molar-refractivity contribution in [1.29, 1.82) is 0 Å². The lowest BCUT2D eigenvalue weighted by atomic mass is 9.52. The summed E-state index contributed by atoms with van der Waals surface area (Å²) in [6.07, 6.45) is 6.24. The first kappa shape index (κ1) is 20.0. The number of hydrogen-bond donors (Lipinski definition) is 2. The summed E-state index contributed by atoms with van der Waals surface area (Å²) in [4.78, 5) is 13.3. The van der Waals surface area contributed by atoms with E-state index in [1.165, 1.54) is 12.1 Å². The zero-order chi connectivity index (χ0) is 21.2. The second kappa shape index (κ2) is 7.06. The van der Waals surface area contributed by atoms with Gasteiger partial charge in [0.2, 0.25) is 0 Å². The van der Waals surface area contributed by atoms with Crippen LogP contribution in [0.15, 0.2) is 24.4 Å². The third-order valence-electron chi connectivity index (χ3n) is 7.27. The van der Waals surface area contributed by atoms with E-state index >= 15 is 0 Å². The highest BCUT2D eigenvalue weighted by Crippen LogP contribution is 2.55. The van der Waals surface area contributed by atoms with Crippen molar-refractivity contribution in [2.45, 2.75) is 63.5 Å². The Hall–Kier alpha value is -1.92. The zero-order valence-corrected chi connectivity index (χ0v) is 18.0. The van der Waals surface area contributed by atoms with Gasteiger partial charge in [0.25, 0.3) is 5.91 Å². The molecule has 1 aromatic heterocycles.